The second kappa shape index (κ2) is 9.79. The van der Waals surface area contributed by atoms with Gasteiger partial charge in [0.15, 0.2) is 6.04 Å². The molecule has 2 unspecified atom stereocenters. The second-order valence-electron chi connectivity index (χ2n) is 5.43. The molecule has 0 heterocycles. The van der Waals surface area contributed by atoms with Gasteiger partial charge in [0.1, 0.15) is 12.7 Å². The Labute approximate surface area is 156 Å². The number of alkyl carbamates (subject to hydrolysis) is 1. The number of benzene rings is 2. The molecule has 26 heavy (non-hydrogen) atoms. The number of ether oxygens (including phenoxy) is 2. The summed E-state index contributed by atoms with van der Waals surface area (Å²) in [7, 11) is 0. The van der Waals surface area contributed by atoms with Crippen molar-refractivity contribution in [2.75, 3.05) is 6.61 Å². The van der Waals surface area contributed by atoms with Gasteiger partial charge in [-0.25, -0.2) is 9.59 Å². The first-order valence-electron chi connectivity index (χ1n) is 8.08. The van der Waals surface area contributed by atoms with E-state index in [2.05, 4.69) is 5.32 Å². The monoisotopic (exact) mass is 377 g/mol. The molecule has 0 radical (unpaired) electrons. The van der Waals surface area contributed by atoms with Crippen LogP contribution in [0.25, 0.3) is 0 Å². The Morgan fingerprint density at radius 3 is 2.35 bits per heavy atom. The highest BCUT2D eigenvalue weighted by molar-refractivity contribution is 6.30. The van der Waals surface area contributed by atoms with Gasteiger partial charge in [0.25, 0.3) is 0 Å². The van der Waals surface area contributed by atoms with E-state index in [4.69, 9.17) is 21.1 Å². The third-order valence-electron chi connectivity index (χ3n) is 3.55. The maximum Gasteiger partial charge on any atom is 0.408 e. The molecule has 0 fully saturated rings. The minimum absolute atomic E-state index is 0.0409. The molecule has 2 aromatic carbocycles. The first-order chi connectivity index (χ1) is 12.5. The fraction of sp³-hybridized carbons (Fsp3) is 0.263. The molecule has 7 heteroatoms. The third-order valence-corrected chi connectivity index (χ3v) is 3.81. The molecule has 138 valence electrons. The predicted octanol–water partition coefficient (Wildman–Crippen LogP) is 3.23. The van der Waals surface area contributed by atoms with Crippen LogP contribution in [0.5, 0.6) is 0 Å². The zero-order valence-electron chi connectivity index (χ0n) is 14.2. The van der Waals surface area contributed by atoms with Crippen LogP contribution in [0.15, 0.2) is 54.6 Å². The van der Waals surface area contributed by atoms with Crippen LogP contribution < -0.4 is 5.32 Å². The number of aliphatic hydroxyl groups is 1. The van der Waals surface area contributed by atoms with Crippen molar-refractivity contribution in [3.8, 4) is 0 Å². The third kappa shape index (κ3) is 5.75. The van der Waals surface area contributed by atoms with Crippen molar-refractivity contribution in [3.63, 3.8) is 0 Å². The van der Waals surface area contributed by atoms with Gasteiger partial charge >= 0.3 is 12.1 Å². The number of carbonyl (C=O) groups is 2. The lowest BCUT2D eigenvalue weighted by Crippen LogP contribution is -2.46. The molecule has 2 atom stereocenters. The number of nitrogens with one attached hydrogen (secondary N) is 1. The van der Waals surface area contributed by atoms with Gasteiger partial charge in [0.2, 0.25) is 0 Å². The van der Waals surface area contributed by atoms with Crippen molar-refractivity contribution in [2.45, 2.75) is 25.7 Å². The Hall–Kier alpha value is -2.57. The lowest BCUT2D eigenvalue weighted by molar-refractivity contribution is -0.148. The van der Waals surface area contributed by atoms with Gasteiger partial charge in [0.05, 0.1) is 6.61 Å². The van der Waals surface area contributed by atoms with Gasteiger partial charge in [-0.15, -0.1) is 0 Å². The fourth-order valence-corrected chi connectivity index (χ4v) is 2.37. The van der Waals surface area contributed by atoms with E-state index in [1.807, 2.05) is 18.2 Å². The fourth-order valence-electron chi connectivity index (χ4n) is 2.24. The normalized spacial score (nSPS) is 12.7. The van der Waals surface area contributed by atoms with Crippen LogP contribution in [0, 0.1) is 0 Å². The van der Waals surface area contributed by atoms with Gasteiger partial charge in [-0.3, -0.25) is 0 Å². The lowest BCUT2D eigenvalue weighted by atomic mass is 10.0. The van der Waals surface area contributed by atoms with E-state index in [0.29, 0.717) is 10.6 Å². The Kier molecular flexibility index (Phi) is 7.44. The molecular formula is C19H20ClNO5. The number of rotatable bonds is 7. The molecule has 0 aliphatic heterocycles. The van der Waals surface area contributed by atoms with Gasteiger partial charge in [0, 0.05) is 5.02 Å². The number of esters is 1. The molecule has 0 saturated heterocycles. The van der Waals surface area contributed by atoms with Crippen LogP contribution in [0.1, 0.15) is 24.2 Å². The molecule has 6 nitrogen and oxygen atoms in total. The molecule has 0 saturated carbocycles. The summed E-state index contributed by atoms with van der Waals surface area (Å²) in [6.07, 6.45) is -2.14. The summed E-state index contributed by atoms with van der Waals surface area (Å²) >= 11 is 5.83. The summed E-state index contributed by atoms with van der Waals surface area (Å²) in [5.41, 5.74) is 1.21. The van der Waals surface area contributed by atoms with Gasteiger partial charge in [-0.1, -0.05) is 54.1 Å². The maximum absolute atomic E-state index is 12.2. The van der Waals surface area contributed by atoms with Crippen molar-refractivity contribution in [1.29, 1.82) is 0 Å². The molecule has 2 aromatic rings. The SMILES string of the molecule is CCOC(=O)C(NC(=O)OCc1ccccc1)C(O)c1ccc(Cl)cc1. The highest BCUT2D eigenvalue weighted by atomic mass is 35.5. The number of amides is 1. The summed E-state index contributed by atoms with van der Waals surface area (Å²) in [6.45, 7) is 1.79. The average Bonchev–Trinajstić information content (AvgIpc) is 2.65. The number of hydrogen-bond donors (Lipinski definition) is 2. The molecule has 2 rings (SSSR count). The Balaban J connectivity index is 2.05. The first kappa shape index (κ1) is 19.8. The van der Waals surface area contributed by atoms with Crippen molar-refractivity contribution in [3.05, 3.63) is 70.7 Å². The molecule has 0 spiro atoms. The minimum Gasteiger partial charge on any atom is -0.464 e. The number of halogens is 1. The molecule has 0 aliphatic carbocycles. The minimum atomic E-state index is -1.31. The van der Waals surface area contributed by atoms with Crippen molar-refractivity contribution in [1.82, 2.24) is 5.32 Å². The van der Waals surface area contributed by atoms with Crippen LogP contribution in [0.2, 0.25) is 5.02 Å². The molecule has 1 amide bonds. The maximum atomic E-state index is 12.2. The van der Waals surface area contributed by atoms with Crippen molar-refractivity contribution in [2.24, 2.45) is 0 Å². The summed E-state index contributed by atoms with van der Waals surface area (Å²) in [4.78, 5) is 24.2. The quantitative estimate of drug-likeness (QED) is 0.723. The van der Waals surface area contributed by atoms with E-state index in [-0.39, 0.29) is 13.2 Å². The van der Waals surface area contributed by atoms with Gasteiger partial charge in [-0.05, 0) is 30.2 Å². The van der Waals surface area contributed by atoms with Crippen LogP contribution in [0.4, 0.5) is 4.79 Å². The van der Waals surface area contributed by atoms with E-state index in [1.54, 1.807) is 43.3 Å². The second-order valence-corrected chi connectivity index (χ2v) is 5.87. The Morgan fingerprint density at radius 1 is 1.08 bits per heavy atom. The molecule has 2 N–H and O–H groups in total. The van der Waals surface area contributed by atoms with Crippen molar-refractivity contribution >= 4 is 23.7 Å². The van der Waals surface area contributed by atoms with E-state index in [0.717, 1.165) is 5.56 Å². The topological polar surface area (TPSA) is 84.9 Å². The van der Waals surface area contributed by atoms with Crippen LogP contribution in [-0.4, -0.2) is 29.8 Å². The average molecular weight is 378 g/mol. The highest BCUT2D eigenvalue weighted by Crippen LogP contribution is 2.20. The summed E-state index contributed by atoms with van der Waals surface area (Å²) in [5.74, 6) is -0.758. The van der Waals surface area contributed by atoms with Crippen LogP contribution >= 0.6 is 11.6 Å². The van der Waals surface area contributed by atoms with Crippen molar-refractivity contribution < 1.29 is 24.2 Å². The smallest absolute Gasteiger partial charge is 0.408 e. The molecule has 0 aromatic heterocycles. The molecule has 0 aliphatic rings. The van der Waals surface area contributed by atoms with E-state index >= 15 is 0 Å². The lowest BCUT2D eigenvalue weighted by Gasteiger charge is -2.22. The standard InChI is InChI=1S/C19H20ClNO5/c1-2-25-18(23)16(17(22)14-8-10-15(20)11-9-14)21-19(24)26-12-13-6-4-3-5-7-13/h3-11,16-17,22H,2,12H2,1H3,(H,21,24). The molecule has 0 bridgehead atoms. The zero-order valence-corrected chi connectivity index (χ0v) is 15.0. The Morgan fingerprint density at radius 2 is 1.73 bits per heavy atom. The number of hydrogen-bond acceptors (Lipinski definition) is 5. The Bertz CT molecular complexity index is 720. The van der Waals surface area contributed by atoms with Gasteiger partial charge in [-0.2, -0.15) is 0 Å². The van der Waals surface area contributed by atoms with Gasteiger partial charge < -0.3 is 19.9 Å². The number of aliphatic hydroxyl groups excluding tert-OH is 1. The summed E-state index contributed by atoms with van der Waals surface area (Å²) in [5, 5.41) is 13.3. The largest absolute Gasteiger partial charge is 0.464 e. The summed E-state index contributed by atoms with van der Waals surface area (Å²) in [6, 6.07) is 14.1. The van der Waals surface area contributed by atoms with Crippen LogP contribution in [-0.2, 0) is 20.9 Å². The zero-order chi connectivity index (χ0) is 18.9. The molecular weight excluding hydrogens is 358 g/mol. The van der Waals surface area contributed by atoms with Crippen LogP contribution in [0.3, 0.4) is 0 Å². The highest BCUT2D eigenvalue weighted by Gasteiger charge is 2.31. The first-order valence-corrected chi connectivity index (χ1v) is 8.46. The van der Waals surface area contributed by atoms with E-state index in [9.17, 15) is 14.7 Å². The summed E-state index contributed by atoms with van der Waals surface area (Å²) < 4.78 is 10.0. The predicted molar refractivity (Wildman–Crippen MR) is 96.6 cm³/mol. The number of carbonyl (C=O) groups excluding carboxylic acids is 2. The van der Waals surface area contributed by atoms with E-state index in [1.165, 1.54) is 0 Å². The van der Waals surface area contributed by atoms with E-state index < -0.39 is 24.2 Å².